The van der Waals surface area contributed by atoms with E-state index in [2.05, 4.69) is 21.8 Å². The van der Waals surface area contributed by atoms with Crippen molar-refractivity contribution in [1.82, 2.24) is 9.59 Å². The first-order valence-electron chi connectivity index (χ1n) is 6.58. The summed E-state index contributed by atoms with van der Waals surface area (Å²) in [6, 6.07) is 0. The molecule has 0 atom stereocenters. The van der Waals surface area contributed by atoms with Crippen LogP contribution in [-0.4, -0.2) is 49.7 Å². The van der Waals surface area contributed by atoms with Crippen molar-refractivity contribution in [1.29, 1.82) is 0 Å². The van der Waals surface area contributed by atoms with Gasteiger partial charge in [-0.3, -0.25) is 0 Å². The number of aromatic nitrogens is 2. The zero-order chi connectivity index (χ0) is 13.8. The van der Waals surface area contributed by atoms with Crippen LogP contribution in [0.1, 0.15) is 25.5 Å². The SMILES string of the molecule is CCCNc1snnc1COCCOCCCOC. The van der Waals surface area contributed by atoms with Gasteiger partial charge in [-0.05, 0) is 12.8 Å². The molecular weight excluding hydrogens is 266 g/mol. The number of methoxy groups -OCH3 is 1. The van der Waals surface area contributed by atoms with Crippen LogP contribution in [0.3, 0.4) is 0 Å². The highest BCUT2D eigenvalue weighted by Gasteiger charge is 2.06. The van der Waals surface area contributed by atoms with Crippen molar-refractivity contribution in [3.8, 4) is 0 Å². The largest absolute Gasteiger partial charge is 0.385 e. The van der Waals surface area contributed by atoms with Gasteiger partial charge < -0.3 is 19.5 Å². The Labute approximate surface area is 118 Å². The molecule has 0 aliphatic carbocycles. The van der Waals surface area contributed by atoms with Gasteiger partial charge in [-0.2, -0.15) is 0 Å². The van der Waals surface area contributed by atoms with Gasteiger partial charge in [-0.25, -0.2) is 0 Å². The minimum absolute atomic E-state index is 0.476. The zero-order valence-corrected chi connectivity index (χ0v) is 12.5. The highest BCUT2D eigenvalue weighted by Crippen LogP contribution is 2.18. The summed E-state index contributed by atoms with van der Waals surface area (Å²) in [6.45, 7) is 6.13. The number of rotatable bonds is 12. The topological polar surface area (TPSA) is 65.5 Å². The molecule has 0 aliphatic rings. The summed E-state index contributed by atoms with van der Waals surface area (Å²) in [7, 11) is 1.69. The monoisotopic (exact) mass is 289 g/mol. The van der Waals surface area contributed by atoms with Gasteiger partial charge in [0.15, 0.2) is 0 Å². The summed E-state index contributed by atoms with van der Waals surface area (Å²) < 4.78 is 19.8. The molecule has 1 rings (SSSR count). The van der Waals surface area contributed by atoms with Gasteiger partial charge in [0.2, 0.25) is 0 Å². The van der Waals surface area contributed by atoms with Crippen molar-refractivity contribution in [3.05, 3.63) is 5.69 Å². The fraction of sp³-hybridized carbons (Fsp3) is 0.833. The molecule has 110 valence electrons. The minimum Gasteiger partial charge on any atom is -0.385 e. The van der Waals surface area contributed by atoms with Gasteiger partial charge in [0, 0.05) is 38.4 Å². The molecule has 1 aromatic heterocycles. The van der Waals surface area contributed by atoms with Gasteiger partial charge in [-0.15, -0.1) is 5.10 Å². The maximum Gasteiger partial charge on any atom is 0.135 e. The lowest BCUT2D eigenvalue weighted by Crippen LogP contribution is -2.08. The molecule has 0 amide bonds. The number of hydrogen-bond donors (Lipinski definition) is 1. The van der Waals surface area contributed by atoms with Crippen molar-refractivity contribution < 1.29 is 14.2 Å². The first kappa shape index (κ1) is 16.3. The Morgan fingerprint density at radius 2 is 2.00 bits per heavy atom. The third kappa shape index (κ3) is 7.41. The van der Waals surface area contributed by atoms with Crippen LogP contribution in [0.4, 0.5) is 5.00 Å². The molecule has 0 spiro atoms. The molecule has 0 aromatic carbocycles. The number of anilines is 1. The van der Waals surface area contributed by atoms with Gasteiger partial charge in [0.05, 0.1) is 19.8 Å². The molecule has 0 aliphatic heterocycles. The number of nitrogens with one attached hydrogen (secondary N) is 1. The second-order valence-corrected chi connectivity index (χ2v) is 4.74. The predicted molar refractivity (Wildman–Crippen MR) is 75.7 cm³/mol. The molecule has 1 N–H and O–H groups in total. The van der Waals surface area contributed by atoms with Gasteiger partial charge in [0.1, 0.15) is 10.7 Å². The molecule has 19 heavy (non-hydrogen) atoms. The smallest absolute Gasteiger partial charge is 0.135 e. The van der Waals surface area contributed by atoms with E-state index in [9.17, 15) is 0 Å². The number of hydrogen-bond acceptors (Lipinski definition) is 7. The third-order valence-corrected chi connectivity index (χ3v) is 3.07. The molecule has 0 unspecified atom stereocenters. The molecule has 7 heteroatoms. The lowest BCUT2D eigenvalue weighted by atomic mass is 10.4. The van der Waals surface area contributed by atoms with Crippen molar-refractivity contribution in [2.24, 2.45) is 0 Å². The van der Waals surface area contributed by atoms with Crippen LogP contribution < -0.4 is 5.32 Å². The molecular formula is C12H23N3O3S. The third-order valence-electron chi connectivity index (χ3n) is 2.34. The molecule has 0 saturated carbocycles. The summed E-state index contributed by atoms with van der Waals surface area (Å²) in [6.07, 6.45) is 1.99. The normalized spacial score (nSPS) is 10.8. The van der Waals surface area contributed by atoms with E-state index in [1.54, 1.807) is 7.11 Å². The molecule has 0 radical (unpaired) electrons. The Bertz CT molecular complexity index is 323. The first-order valence-corrected chi connectivity index (χ1v) is 7.35. The average Bonchev–Trinajstić information content (AvgIpc) is 2.87. The van der Waals surface area contributed by atoms with E-state index in [0.717, 1.165) is 36.7 Å². The Kier molecular flexibility index (Phi) is 9.52. The van der Waals surface area contributed by atoms with Crippen molar-refractivity contribution in [2.45, 2.75) is 26.4 Å². The Hall–Kier alpha value is -0.760. The fourth-order valence-electron chi connectivity index (χ4n) is 1.37. The first-order chi connectivity index (χ1) is 9.38. The molecule has 1 aromatic rings. The van der Waals surface area contributed by atoms with Crippen LogP contribution >= 0.6 is 11.5 Å². The van der Waals surface area contributed by atoms with Crippen LogP contribution in [-0.2, 0) is 20.8 Å². The van der Waals surface area contributed by atoms with Crippen molar-refractivity contribution in [3.63, 3.8) is 0 Å². The molecule has 0 bridgehead atoms. The Morgan fingerprint density at radius 3 is 2.79 bits per heavy atom. The molecule has 6 nitrogen and oxygen atoms in total. The molecule has 0 saturated heterocycles. The summed E-state index contributed by atoms with van der Waals surface area (Å²) in [4.78, 5) is 0. The maximum absolute atomic E-state index is 5.51. The van der Waals surface area contributed by atoms with E-state index in [0.29, 0.717) is 26.4 Å². The quantitative estimate of drug-likeness (QED) is 0.593. The van der Waals surface area contributed by atoms with E-state index in [-0.39, 0.29) is 0 Å². The van der Waals surface area contributed by atoms with Gasteiger partial charge >= 0.3 is 0 Å². The molecule has 1 heterocycles. The Balaban J connectivity index is 2.04. The van der Waals surface area contributed by atoms with E-state index in [1.807, 2.05) is 0 Å². The lowest BCUT2D eigenvalue weighted by Gasteiger charge is -2.06. The van der Waals surface area contributed by atoms with Crippen molar-refractivity contribution >= 4 is 16.5 Å². The van der Waals surface area contributed by atoms with Crippen LogP contribution in [0.2, 0.25) is 0 Å². The minimum atomic E-state index is 0.476. The van der Waals surface area contributed by atoms with Crippen molar-refractivity contribution in [2.75, 3.05) is 45.4 Å². The van der Waals surface area contributed by atoms with E-state index < -0.39 is 0 Å². The zero-order valence-electron chi connectivity index (χ0n) is 11.7. The highest BCUT2D eigenvalue weighted by molar-refractivity contribution is 7.10. The van der Waals surface area contributed by atoms with E-state index in [4.69, 9.17) is 14.2 Å². The fourth-order valence-corrected chi connectivity index (χ4v) is 1.96. The average molecular weight is 289 g/mol. The maximum atomic E-state index is 5.51. The van der Waals surface area contributed by atoms with Gasteiger partial charge in [0.25, 0.3) is 0 Å². The van der Waals surface area contributed by atoms with Crippen LogP contribution in [0.5, 0.6) is 0 Å². The predicted octanol–water partition coefficient (Wildman–Crippen LogP) is 1.93. The van der Waals surface area contributed by atoms with Crippen LogP contribution in [0.15, 0.2) is 0 Å². The summed E-state index contributed by atoms with van der Waals surface area (Å²) in [5.41, 5.74) is 0.873. The number of ether oxygens (including phenoxy) is 3. The highest BCUT2D eigenvalue weighted by atomic mass is 32.1. The summed E-state index contributed by atoms with van der Waals surface area (Å²) >= 11 is 1.37. The van der Waals surface area contributed by atoms with Crippen LogP contribution in [0.25, 0.3) is 0 Å². The molecule has 0 fully saturated rings. The second kappa shape index (κ2) is 11.1. The standard InChI is InChI=1S/C12H23N3O3S/c1-3-5-13-12-11(14-15-19-12)10-18-9-8-17-7-4-6-16-2/h13H,3-10H2,1-2H3. The van der Waals surface area contributed by atoms with E-state index >= 15 is 0 Å². The summed E-state index contributed by atoms with van der Waals surface area (Å²) in [5.74, 6) is 0. The van der Waals surface area contributed by atoms with E-state index in [1.165, 1.54) is 11.5 Å². The number of nitrogens with zero attached hydrogens (tertiary/aromatic N) is 2. The Morgan fingerprint density at radius 1 is 1.16 bits per heavy atom. The summed E-state index contributed by atoms with van der Waals surface area (Å²) in [5, 5.41) is 8.34. The van der Waals surface area contributed by atoms with Crippen LogP contribution in [0, 0.1) is 0 Å². The lowest BCUT2D eigenvalue weighted by molar-refractivity contribution is 0.0329. The second-order valence-electron chi connectivity index (χ2n) is 3.99. The van der Waals surface area contributed by atoms with Gasteiger partial charge in [-0.1, -0.05) is 11.4 Å².